The molecule has 0 atom stereocenters. The Hall–Kier alpha value is -2.79. The number of rotatable bonds is 4. The smallest absolute Gasteiger partial charge is 0.269 e. The number of hydrogen-bond donors (Lipinski definition) is 0. The maximum Gasteiger partial charge on any atom is 0.269 e. The van der Waals surface area contributed by atoms with Gasteiger partial charge in [-0.15, -0.1) is 0 Å². The van der Waals surface area contributed by atoms with E-state index in [0.29, 0.717) is 0 Å². The van der Waals surface area contributed by atoms with Crippen molar-refractivity contribution in [2.75, 3.05) is 0 Å². The molecule has 3 rings (SSSR count). The Morgan fingerprint density at radius 2 is 1.46 bits per heavy atom. The highest BCUT2D eigenvalue weighted by atomic mass is 79.9. The van der Waals surface area contributed by atoms with Gasteiger partial charge in [-0.3, -0.25) is 10.1 Å². The third-order valence-corrected chi connectivity index (χ3v) is 3.47. The van der Waals surface area contributed by atoms with Crippen LogP contribution >= 0.6 is 0 Å². The third-order valence-electron chi connectivity index (χ3n) is 3.47. The van der Waals surface area contributed by atoms with E-state index in [-0.39, 0.29) is 27.6 Å². The van der Waals surface area contributed by atoms with E-state index >= 15 is 0 Å². The lowest BCUT2D eigenvalue weighted by Gasteiger charge is -2.03. The largest absolute Gasteiger partial charge is 1.00 e. The minimum absolute atomic E-state index is 0. The standard InChI is InChI=1S/C19H15N2O2.BrH/c22-21(23)18-11-9-17(10-12-18)19(20-13-5-2-6-14-20)15-16-7-3-1-4-8-16;/h1-15H;1H/q+1;/p-1/b19-15-;. The minimum Gasteiger partial charge on any atom is -1.00 e. The molecule has 3 aromatic rings. The summed E-state index contributed by atoms with van der Waals surface area (Å²) < 4.78 is 1.99. The van der Waals surface area contributed by atoms with E-state index in [1.807, 2.05) is 65.5 Å². The van der Waals surface area contributed by atoms with Crippen LogP contribution in [0.25, 0.3) is 11.8 Å². The second kappa shape index (κ2) is 8.17. The lowest BCUT2D eigenvalue weighted by atomic mass is 10.1. The molecule has 0 aliphatic heterocycles. The van der Waals surface area contributed by atoms with Gasteiger partial charge in [0.1, 0.15) is 0 Å². The van der Waals surface area contributed by atoms with Crippen molar-refractivity contribution >= 4 is 17.5 Å². The van der Waals surface area contributed by atoms with Gasteiger partial charge in [0, 0.05) is 35.9 Å². The van der Waals surface area contributed by atoms with Gasteiger partial charge in [0.25, 0.3) is 5.69 Å². The summed E-state index contributed by atoms with van der Waals surface area (Å²) in [7, 11) is 0. The Morgan fingerprint density at radius 1 is 0.875 bits per heavy atom. The van der Waals surface area contributed by atoms with Crippen LogP contribution in [-0.4, -0.2) is 4.92 Å². The number of benzene rings is 2. The number of pyridine rings is 1. The fraction of sp³-hybridized carbons (Fsp3) is 0. The van der Waals surface area contributed by atoms with Crippen molar-refractivity contribution in [1.29, 1.82) is 0 Å². The molecule has 0 saturated heterocycles. The van der Waals surface area contributed by atoms with Crippen LogP contribution in [0, 0.1) is 10.1 Å². The summed E-state index contributed by atoms with van der Waals surface area (Å²) in [6, 6.07) is 22.4. The van der Waals surface area contributed by atoms with Gasteiger partial charge in [-0.05, 0) is 17.7 Å². The zero-order valence-corrected chi connectivity index (χ0v) is 14.3. The molecule has 0 fully saturated rings. The summed E-state index contributed by atoms with van der Waals surface area (Å²) in [5.74, 6) is 0. The van der Waals surface area contributed by atoms with Crippen LogP contribution in [0.3, 0.4) is 0 Å². The van der Waals surface area contributed by atoms with Crippen LogP contribution in [0.4, 0.5) is 5.69 Å². The number of halogens is 1. The summed E-state index contributed by atoms with van der Waals surface area (Å²) in [5.41, 5.74) is 3.02. The number of nitrogens with zero attached hydrogens (tertiary/aromatic N) is 2. The zero-order valence-electron chi connectivity index (χ0n) is 12.7. The van der Waals surface area contributed by atoms with Crippen molar-refractivity contribution < 1.29 is 26.5 Å². The molecule has 5 heteroatoms. The van der Waals surface area contributed by atoms with Gasteiger partial charge in [0.15, 0.2) is 12.4 Å². The van der Waals surface area contributed by atoms with Crippen molar-refractivity contribution in [1.82, 2.24) is 0 Å². The quantitative estimate of drug-likeness (QED) is 0.291. The van der Waals surface area contributed by atoms with Crippen LogP contribution in [0.1, 0.15) is 11.1 Å². The van der Waals surface area contributed by atoms with Crippen LogP contribution in [0.15, 0.2) is 85.2 Å². The molecule has 0 N–H and O–H groups in total. The molecule has 0 saturated carbocycles. The second-order valence-corrected chi connectivity index (χ2v) is 5.03. The molecule has 0 bridgehead atoms. The third kappa shape index (κ3) is 4.14. The first-order valence-electron chi connectivity index (χ1n) is 7.22. The molecular weight excluding hydrogens is 368 g/mol. The minimum atomic E-state index is -0.389. The summed E-state index contributed by atoms with van der Waals surface area (Å²) >= 11 is 0. The molecule has 4 nitrogen and oxygen atoms in total. The predicted octanol–water partition coefficient (Wildman–Crippen LogP) is 0.933. The maximum absolute atomic E-state index is 10.8. The summed E-state index contributed by atoms with van der Waals surface area (Å²) in [6.07, 6.45) is 5.97. The molecular formula is C19H15BrN2O2. The van der Waals surface area contributed by atoms with E-state index in [0.717, 1.165) is 16.8 Å². The fourth-order valence-electron chi connectivity index (χ4n) is 2.33. The highest BCUT2D eigenvalue weighted by Gasteiger charge is 2.14. The Morgan fingerprint density at radius 3 is 2.04 bits per heavy atom. The van der Waals surface area contributed by atoms with Crippen LogP contribution < -0.4 is 21.5 Å². The highest BCUT2D eigenvalue weighted by Crippen LogP contribution is 2.19. The topological polar surface area (TPSA) is 47.0 Å². The average Bonchev–Trinajstić information content (AvgIpc) is 2.61. The molecule has 0 spiro atoms. The van der Waals surface area contributed by atoms with Crippen molar-refractivity contribution in [2.45, 2.75) is 0 Å². The lowest BCUT2D eigenvalue weighted by Crippen LogP contribution is -3.00. The van der Waals surface area contributed by atoms with E-state index < -0.39 is 0 Å². The highest BCUT2D eigenvalue weighted by molar-refractivity contribution is 5.76. The van der Waals surface area contributed by atoms with E-state index in [4.69, 9.17) is 0 Å². The first kappa shape index (κ1) is 17.6. The molecule has 0 aliphatic carbocycles. The van der Waals surface area contributed by atoms with Crippen molar-refractivity contribution in [3.05, 3.63) is 106 Å². The summed E-state index contributed by atoms with van der Waals surface area (Å²) in [6.45, 7) is 0. The molecule has 0 amide bonds. The van der Waals surface area contributed by atoms with Gasteiger partial charge in [-0.25, -0.2) is 0 Å². The van der Waals surface area contributed by atoms with E-state index in [2.05, 4.69) is 6.08 Å². The Bertz CT molecular complexity index is 832. The van der Waals surface area contributed by atoms with Gasteiger partial charge in [0.2, 0.25) is 5.70 Å². The van der Waals surface area contributed by atoms with Crippen molar-refractivity contribution in [2.24, 2.45) is 0 Å². The van der Waals surface area contributed by atoms with Gasteiger partial charge in [-0.1, -0.05) is 36.4 Å². The van der Waals surface area contributed by atoms with Crippen LogP contribution in [0.2, 0.25) is 0 Å². The monoisotopic (exact) mass is 382 g/mol. The van der Waals surface area contributed by atoms with Crippen LogP contribution in [-0.2, 0) is 0 Å². The van der Waals surface area contributed by atoms with Crippen molar-refractivity contribution in [3.8, 4) is 0 Å². The Kier molecular flexibility index (Phi) is 5.98. The first-order valence-corrected chi connectivity index (χ1v) is 7.22. The SMILES string of the molecule is O=[N+]([O-])c1ccc(/C(=C/c2ccccc2)[n+]2ccccc2)cc1.[Br-]. The predicted molar refractivity (Wildman–Crippen MR) is 89.4 cm³/mol. The molecule has 120 valence electrons. The number of nitro benzene ring substituents is 1. The Balaban J connectivity index is 0.00000208. The van der Waals surface area contributed by atoms with Crippen LogP contribution in [0.5, 0.6) is 0 Å². The molecule has 1 aromatic heterocycles. The van der Waals surface area contributed by atoms with Gasteiger partial charge in [-0.2, -0.15) is 4.57 Å². The fourth-order valence-corrected chi connectivity index (χ4v) is 2.33. The average molecular weight is 383 g/mol. The molecule has 0 aliphatic rings. The lowest BCUT2D eigenvalue weighted by molar-refractivity contribution is -0.578. The first-order chi connectivity index (χ1) is 11.2. The molecule has 0 unspecified atom stereocenters. The summed E-state index contributed by atoms with van der Waals surface area (Å²) in [4.78, 5) is 10.4. The zero-order chi connectivity index (χ0) is 16.1. The maximum atomic E-state index is 10.8. The summed E-state index contributed by atoms with van der Waals surface area (Å²) in [5, 5.41) is 10.8. The van der Waals surface area contributed by atoms with Gasteiger partial charge < -0.3 is 17.0 Å². The number of hydrogen-bond acceptors (Lipinski definition) is 2. The van der Waals surface area contributed by atoms with Gasteiger partial charge in [0.05, 0.1) is 4.92 Å². The Labute approximate surface area is 150 Å². The van der Waals surface area contributed by atoms with E-state index in [1.54, 1.807) is 12.1 Å². The molecule has 24 heavy (non-hydrogen) atoms. The number of non-ortho nitro benzene ring substituents is 1. The molecule has 2 aromatic carbocycles. The number of aromatic nitrogens is 1. The van der Waals surface area contributed by atoms with E-state index in [9.17, 15) is 10.1 Å². The van der Waals surface area contributed by atoms with Gasteiger partial charge >= 0.3 is 0 Å². The normalized spacial score (nSPS) is 10.8. The van der Waals surface area contributed by atoms with E-state index in [1.165, 1.54) is 12.1 Å². The number of nitro groups is 1. The van der Waals surface area contributed by atoms with Crippen molar-refractivity contribution in [3.63, 3.8) is 0 Å². The second-order valence-electron chi connectivity index (χ2n) is 5.03. The molecule has 0 radical (unpaired) electrons. The molecule has 1 heterocycles.